The second-order valence-corrected chi connectivity index (χ2v) is 9.82. The topological polar surface area (TPSA) is 123 Å². The Morgan fingerprint density at radius 2 is 1.91 bits per heavy atom. The maximum Gasteiger partial charge on any atom is 0.306 e. The second-order valence-electron chi connectivity index (χ2n) is 7.71. The highest BCUT2D eigenvalue weighted by Crippen LogP contribution is 2.34. The van der Waals surface area contributed by atoms with E-state index in [4.69, 9.17) is 4.42 Å². The van der Waals surface area contributed by atoms with Crippen LogP contribution < -0.4 is 5.32 Å². The lowest BCUT2D eigenvalue weighted by Gasteiger charge is -2.08. The summed E-state index contributed by atoms with van der Waals surface area (Å²) < 4.78 is 45.6. The van der Waals surface area contributed by atoms with Crippen LogP contribution in [0.25, 0.3) is 28.5 Å². The number of imidazole rings is 1. The number of fused-ring (bicyclic) bond motifs is 1. The minimum atomic E-state index is -3.37. The minimum absolute atomic E-state index is 0.0137. The monoisotopic (exact) mass is 493 g/mol. The molecule has 0 aliphatic heterocycles. The Bertz CT molecular complexity index is 1600. The Labute approximate surface area is 199 Å². The van der Waals surface area contributed by atoms with Crippen LogP contribution in [-0.2, 0) is 9.84 Å². The fourth-order valence-corrected chi connectivity index (χ4v) is 5.01. The number of hydrogen-bond acceptors (Lipinski definition) is 8. The third kappa shape index (κ3) is 4.58. The summed E-state index contributed by atoms with van der Waals surface area (Å²) in [5.74, 6) is -0.626. The fourth-order valence-electron chi connectivity index (χ4n) is 3.68. The number of nitrogens with one attached hydrogen (secondary N) is 1. The van der Waals surface area contributed by atoms with Gasteiger partial charge < -0.3 is 14.8 Å². The van der Waals surface area contributed by atoms with Crippen LogP contribution in [0.2, 0.25) is 0 Å². The fraction of sp³-hybridized carbons (Fsp3) is 0.125. The Hall–Kier alpha value is -4.25. The van der Waals surface area contributed by atoms with Gasteiger partial charge in [-0.3, -0.25) is 4.40 Å². The van der Waals surface area contributed by atoms with E-state index in [1.807, 2.05) is 0 Å². The average Bonchev–Trinajstić information content (AvgIpc) is 3.46. The van der Waals surface area contributed by atoms with E-state index < -0.39 is 21.4 Å². The van der Waals surface area contributed by atoms with Crippen LogP contribution in [-0.4, -0.2) is 45.2 Å². The lowest BCUT2D eigenvalue weighted by Crippen LogP contribution is -2.13. The lowest BCUT2D eigenvalue weighted by atomic mass is 10.1. The number of hydrogen-bond donors (Lipinski definition) is 2. The van der Waals surface area contributed by atoms with E-state index in [2.05, 4.69) is 20.3 Å². The van der Waals surface area contributed by atoms with Crippen LogP contribution in [0.15, 0.2) is 82.6 Å². The summed E-state index contributed by atoms with van der Waals surface area (Å²) in [7, 11) is -3.37. The number of halogens is 1. The van der Waals surface area contributed by atoms with E-state index in [0.29, 0.717) is 52.3 Å². The summed E-state index contributed by atoms with van der Waals surface area (Å²) in [5.41, 5.74) is 2.00. The molecule has 5 rings (SSSR count). The molecular formula is C24H20FN5O4S. The number of aromatic hydroxyl groups is 1. The van der Waals surface area contributed by atoms with Crippen molar-refractivity contribution >= 4 is 21.6 Å². The second kappa shape index (κ2) is 9.18. The van der Waals surface area contributed by atoms with Crippen LogP contribution in [0, 0.1) is 5.82 Å². The van der Waals surface area contributed by atoms with Crippen LogP contribution in [0.3, 0.4) is 0 Å². The molecule has 3 heterocycles. The Balaban J connectivity index is 1.37. The van der Waals surface area contributed by atoms with E-state index in [-0.39, 0.29) is 5.75 Å². The molecule has 2 N–H and O–H groups in total. The minimum Gasteiger partial charge on any atom is -0.505 e. The molecule has 0 amide bonds. The molecule has 0 aliphatic rings. The molecule has 9 nitrogen and oxygen atoms in total. The molecule has 0 saturated carbocycles. The van der Waals surface area contributed by atoms with Gasteiger partial charge in [-0.2, -0.15) is 4.98 Å². The third-order valence-corrected chi connectivity index (χ3v) is 7.17. The quantitative estimate of drug-likeness (QED) is 0.309. The van der Waals surface area contributed by atoms with Crippen LogP contribution in [0.4, 0.5) is 10.3 Å². The number of aromatic nitrogens is 4. The first-order valence-corrected chi connectivity index (χ1v) is 12.4. The van der Waals surface area contributed by atoms with E-state index >= 15 is 0 Å². The Kier molecular flexibility index (Phi) is 5.91. The van der Waals surface area contributed by atoms with Gasteiger partial charge in [-0.05, 0) is 42.8 Å². The zero-order chi connectivity index (χ0) is 24.4. The zero-order valence-corrected chi connectivity index (χ0v) is 19.1. The van der Waals surface area contributed by atoms with Gasteiger partial charge in [0.05, 0.1) is 16.3 Å². The van der Waals surface area contributed by atoms with Crippen molar-refractivity contribution in [3.63, 3.8) is 0 Å². The van der Waals surface area contributed by atoms with Crippen LogP contribution in [0.5, 0.6) is 5.75 Å². The van der Waals surface area contributed by atoms with Crippen molar-refractivity contribution in [2.75, 3.05) is 17.6 Å². The van der Waals surface area contributed by atoms with E-state index in [9.17, 15) is 17.9 Å². The van der Waals surface area contributed by atoms with Gasteiger partial charge in [0.1, 0.15) is 17.7 Å². The van der Waals surface area contributed by atoms with Gasteiger partial charge in [0.25, 0.3) is 0 Å². The Morgan fingerprint density at radius 3 is 2.71 bits per heavy atom. The molecule has 178 valence electrons. The van der Waals surface area contributed by atoms with Gasteiger partial charge in [-0.15, -0.1) is 0 Å². The van der Waals surface area contributed by atoms with E-state index in [1.54, 1.807) is 53.2 Å². The van der Waals surface area contributed by atoms with Gasteiger partial charge >= 0.3 is 5.84 Å². The van der Waals surface area contributed by atoms with E-state index in [1.165, 1.54) is 18.4 Å². The van der Waals surface area contributed by atoms with Crippen molar-refractivity contribution in [2.45, 2.75) is 11.3 Å². The van der Waals surface area contributed by atoms with Crippen LogP contribution >= 0.6 is 0 Å². The van der Waals surface area contributed by atoms with E-state index in [0.717, 1.165) is 6.07 Å². The molecule has 3 aromatic heterocycles. The summed E-state index contributed by atoms with van der Waals surface area (Å²) in [6, 6.07) is 14.0. The number of rotatable bonds is 8. The molecule has 0 fully saturated rings. The number of oxazole rings is 1. The molecule has 0 radical (unpaired) electrons. The van der Waals surface area contributed by atoms with Gasteiger partial charge in [0, 0.05) is 24.5 Å². The van der Waals surface area contributed by atoms with Crippen LogP contribution in [0.1, 0.15) is 6.42 Å². The first kappa shape index (κ1) is 22.5. The average molecular weight is 494 g/mol. The molecule has 2 aromatic carbocycles. The molecule has 0 atom stereocenters. The standard InChI is InChI=1S/C24H20FN5O4S/c25-18-8-7-16(15-20(18)31)21-22(30-12-13-34-24(30)29-21)19-9-11-27-23(28-19)26-10-4-14-35(32,33)17-5-2-1-3-6-17/h1-3,5-9,11-13,15,31H,4,10,14H2,(H,26,27,28). The number of phenolic OH excluding ortho intramolecular Hbond substituents is 1. The highest BCUT2D eigenvalue weighted by molar-refractivity contribution is 7.91. The van der Waals surface area contributed by atoms with Gasteiger partial charge in [-0.1, -0.05) is 18.2 Å². The van der Waals surface area contributed by atoms with Crippen molar-refractivity contribution in [2.24, 2.45) is 0 Å². The number of anilines is 1. The predicted octanol–water partition coefficient (Wildman–Crippen LogP) is 4.17. The SMILES string of the molecule is O=S(=O)(CCCNc1nccc(-c2c(-c3ccc(F)c(O)c3)nc3occn23)n1)c1ccccc1. The van der Waals surface area contributed by atoms with Gasteiger partial charge in [0.2, 0.25) is 5.95 Å². The normalized spacial score (nSPS) is 11.7. The molecule has 0 saturated heterocycles. The summed E-state index contributed by atoms with van der Waals surface area (Å²) in [5, 5.41) is 12.9. The lowest BCUT2D eigenvalue weighted by molar-refractivity contribution is 0.432. The molecular weight excluding hydrogens is 473 g/mol. The molecule has 11 heteroatoms. The van der Waals surface area contributed by atoms with Crippen molar-refractivity contribution in [1.29, 1.82) is 0 Å². The summed E-state index contributed by atoms with van der Waals surface area (Å²) in [6.07, 6.45) is 5.08. The van der Waals surface area contributed by atoms with Gasteiger partial charge in [-0.25, -0.2) is 22.8 Å². The largest absolute Gasteiger partial charge is 0.505 e. The first-order chi connectivity index (χ1) is 16.9. The molecule has 0 spiro atoms. The molecule has 5 aromatic rings. The zero-order valence-electron chi connectivity index (χ0n) is 18.3. The van der Waals surface area contributed by atoms with Crippen molar-refractivity contribution in [1.82, 2.24) is 19.4 Å². The molecule has 0 unspecified atom stereocenters. The highest BCUT2D eigenvalue weighted by atomic mass is 32.2. The summed E-state index contributed by atoms with van der Waals surface area (Å²) in [4.78, 5) is 13.5. The number of nitrogens with zero attached hydrogens (tertiary/aromatic N) is 4. The maximum absolute atomic E-state index is 13.6. The van der Waals surface area contributed by atoms with Crippen molar-refractivity contribution < 1.29 is 22.3 Å². The number of benzene rings is 2. The van der Waals surface area contributed by atoms with Crippen molar-refractivity contribution in [3.8, 4) is 28.4 Å². The first-order valence-electron chi connectivity index (χ1n) is 10.7. The maximum atomic E-state index is 13.6. The molecule has 0 aliphatic carbocycles. The predicted molar refractivity (Wildman–Crippen MR) is 127 cm³/mol. The molecule has 0 bridgehead atoms. The highest BCUT2D eigenvalue weighted by Gasteiger charge is 2.20. The molecule has 35 heavy (non-hydrogen) atoms. The number of phenols is 1. The smallest absolute Gasteiger partial charge is 0.306 e. The van der Waals surface area contributed by atoms with Gasteiger partial charge in [0.15, 0.2) is 21.4 Å². The Morgan fingerprint density at radius 1 is 1.09 bits per heavy atom. The summed E-state index contributed by atoms with van der Waals surface area (Å²) in [6.45, 7) is 0.349. The van der Waals surface area contributed by atoms with Crippen molar-refractivity contribution in [3.05, 3.63) is 79.1 Å². The third-order valence-electron chi connectivity index (χ3n) is 5.36. The summed E-state index contributed by atoms with van der Waals surface area (Å²) >= 11 is 0. The number of sulfone groups is 1.